The molecule has 0 bridgehead atoms. The van der Waals surface area contributed by atoms with E-state index < -0.39 is 0 Å². The second-order valence-corrected chi connectivity index (χ2v) is 4.11. The van der Waals surface area contributed by atoms with Crippen LogP contribution in [0, 0.1) is 6.92 Å². The molecule has 90 valence electrons. The first kappa shape index (κ1) is 11.7. The lowest BCUT2D eigenvalue weighted by molar-refractivity contribution is 0.412. The molecule has 0 aliphatic rings. The number of pyridine rings is 1. The maximum absolute atomic E-state index is 5.83. The molecule has 0 aromatic carbocycles. The summed E-state index contributed by atoms with van der Waals surface area (Å²) in [5, 5.41) is 4.52. The summed E-state index contributed by atoms with van der Waals surface area (Å²) < 4.78 is 6.83. The Hall–Kier alpha value is -1.75. The Kier molecular flexibility index (Phi) is 3.19. The van der Waals surface area contributed by atoms with E-state index >= 15 is 0 Å². The molecule has 0 saturated heterocycles. The molecule has 0 spiro atoms. The molecular formula is C11H13ClN4O. The maximum atomic E-state index is 5.83. The van der Waals surface area contributed by atoms with Crippen molar-refractivity contribution in [2.24, 2.45) is 0 Å². The number of aryl methyl sites for hydroxylation is 1. The van der Waals surface area contributed by atoms with Crippen molar-refractivity contribution in [2.75, 3.05) is 12.8 Å². The molecule has 17 heavy (non-hydrogen) atoms. The van der Waals surface area contributed by atoms with Crippen LogP contribution in [-0.4, -0.2) is 21.9 Å². The van der Waals surface area contributed by atoms with Crippen molar-refractivity contribution in [3.8, 4) is 5.75 Å². The lowest BCUT2D eigenvalue weighted by Crippen LogP contribution is -2.04. The number of nitrogens with two attached hydrogens (primary N) is 1. The molecular weight excluding hydrogens is 240 g/mol. The van der Waals surface area contributed by atoms with Gasteiger partial charge in [-0.1, -0.05) is 11.6 Å². The first-order chi connectivity index (χ1) is 8.08. The van der Waals surface area contributed by atoms with Crippen molar-refractivity contribution < 1.29 is 4.74 Å². The molecule has 0 aliphatic heterocycles. The number of aromatic nitrogens is 3. The van der Waals surface area contributed by atoms with Gasteiger partial charge in [0.1, 0.15) is 10.8 Å². The molecule has 0 saturated carbocycles. The Balaban J connectivity index is 2.26. The van der Waals surface area contributed by atoms with Crippen LogP contribution in [0.15, 0.2) is 18.3 Å². The van der Waals surface area contributed by atoms with E-state index in [0.717, 1.165) is 17.1 Å². The van der Waals surface area contributed by atoms with Gasteiger partial charge in [-0.3, -0.25) is 9.67 Å². The molecule has 0 radical (unpaired) electrons. The molecule has 0 unspecified atom stereocenters. The summed E-state index contributed by atoms with van der Waals surface area (Å²) >= 11 is 5.83. The minimum atomic E-state index is 0.325. The molecule has 5 nitrogen and oxygen atoms in total. The van der Waals surface area contributed by atoms with E-state index in [1.807, 2.05) is 19.1 Å². The van der Waals surface area contributed by atoms with Crippen LogP contribution in [-0.2, 0) is 6.54 Å². The van der Waals surface area contributed by atoms with Gasteiger partial charge >= 0.3 is 0 Å². The van der Waals surface area contributed by atoms with E-state index in [0.29, 0.717) is 17.4 Å². The van der Waals surface area contributed by atoms with Gasteiger partial charge in [-0.05, 0) is 6.92 Å². The van der Waals surface area contributed by atoms with Crippen molar-refractivity contribution >= 4 is 17.4 Å². The van der Waals surface area contributed by atoms with Crippen LogP contribution < -0.4 is 10.5 Å². The van der Waals surface area contributed by atoms with Gasteiger partial charge in [0.25, 0.3) is 0 Å². The first-order valence-corrected chi connectivity index (χ1v) is 5.46. The number of hydrogen-bond acceptors (Lipinski definition) is 4. The number of hydrogen-bond donors (Lipinski definition) is 1. The van der Waals surface area contributed by atoms with Crippen molar-refractivity contribution in [1.29, 1.82) is 0 Å². The zero-order valence-electron chi connectivity index (χ0n) is 9.64. The second kappa shape index (κ2) is 4.63. The molecule has 2 aromatic heterocycles. The summed E-state index contributed by atoms with van der Waals surface area (Å²) in [4.78, 5) is 4.39. The fourth-order valence-electron chi connectivity index (χ4n) is 1.56. The summed E-state index contributed by atoms with van der Waals surface area (Å²) in [6.07, 6.45) is 1.67. The summed E-state index contributed by atoms with van der Waals surface area (Å²) in [6.45, 7) is 2.42. The summed E-state index contributed by atoms with van der Waals surface area (Å²) in [5.74, 6) is 1.10. The largest absolute Gasteiger partial charge is 0.497 e. The number of rotatable bonds is 3. The normalized spacial score (nSPS) is 10.5. The topological polar surface area (TPSA) is 66.0 Å². The monoisotopic (exact) mass is 252 g/mol. The summed E-state index contributed by atoms with van der Waals surface area (Å²) in [7, 11) is 1.63. The van der Waals surface area contributed by atoms with Gasteiger partial charge in [-0.25, -0.2) is 0 Å². The molecule has 0 aliphatic carbocycles. The summed E-state index contributed by atoms with van der Waals surface area (Å²) in [5.41, 5.74) is 7.31. The Morgan fingerprint density at radius 1 is 1.47 bits per heavy atom. The Labute approximate surface area is 104 Å². The van der Waals surface area contributed by atoms with Crippen molar-refractivity contribution in [3.05, 3.63) is 34.7 Å². The van der Waals surface area contributed by atoms with E-state index in [-0.39, 0.29) is 0 Å². The Morgan fingerprint density at radius 3 is 2.82 bits per heavy atom. The average molecular weight is 253 g/mol. The minimum absolute atomic E-state index is 0.325. The molecule has 2 heterocycles. The maximum Gasteiger partial charge on any atom is 0.164 e. The Morgan fingerprint density at radius 2 is 2.24 bits per heavy atom. The quantitative estimate of drug-likeness (QED) is 0.906. The molecule has 2 rings (SSSR count). The zero-order valence-corrected chi connectivity index (χ0v) is 10.4. The zero-order chi connectivity index (χ0) is 12.4. The minimum Gasteiger partial charge on any atom is -0.497 e. The molecule has 2 aromatic rings. The van der Waals surface area contributed by atoms with Gasteiger partial charge in [0.15, 0.2) is 5.82 Å². The standard InChI is InChI=1S/C11H13ClN4O/c1-7-3-9(17-2)4-8(14-7)5-16-6-10(12)11(13)15-16/h3-4,6H,5H2,1-2H3,(H2,13,15). The highest BCUT2D eigenvalue weighted by Crippen LogP contribution is 2.18. The van der Waals surface area contributed by atoms with Gasteiger partial charge in [0.05, 0.1) is 19.3 Å². The molecule has 0 amide bonds. The molecule has 0 atom stereocenters. The fraction of sp³-hybridized carbons (Fsp3) is 0.273. The predicted molar refractivity (Wildman–Crippen MR) is 66.3 cm³/mol. The number of nitrogens with zero attached hydrogens (tertiary/aromatic N) is 3. The third kappa shape index (κ3) is 2.68. The van der Waals surface area contributed by atoms with Crippen LogP contribution >= 0.6 is 11.6 Å². The number of nitrogen functional groups attached to an aromatic ring is 1. The number of halogens is 1. The summed E-state index contributed by atoms with van der Waals surface area (Å²) in [6, 6.07) is 3.73. The van der Waals surface area contributed by atoms with Crippen molar-refractivity contribution in [2.45, 2.75) is 13.5 Å². The van der Waals surface area contributed by atoms with Crippen molar-refractivity contribution in [1.82, 2.24) is 14.8 Å². The number of anilines is 1. The van der Waals surface area contributed by atoms with Crippen LogP contribution in [0.3, 0.4) is 0 Å². The third-order valence-electron chi connectivity index (χ3n) is 2.28. The van der Waals surface area contributed by atoms with Gasteiger partial charge in [-0.2, -0.15) is 5.10 Å². The number of ether oxygens (including phenoxy) is 1. The molecule has 6 heteroatoms. The van der Waals surface area contributed by atoms with Gasteiger partial charge in [0.2, 0.25) is 0 Å². The lowest BCUT2D eigenvalue weighted by atomic mass is 10.3. The first-order valence-electron chi connectivity index (χ1n) is 5.08. The van der Waals surface area contributed by atoms with E-state index in [9.17, 15) is 0 Å². The third-order valence-corrected chi connectivity index (χ3v) is 2.57. The van der Waals surface area contributed by atoms with Crippen LogP contribution in [0.2, 0.25) is 5.02 Å². The van der Waals surface area contributed by atoms with Gasteiger partial charge < -0.3 is 10.5 Å². The van der Waals surface area contributed by atoms with Crippen LogP contribution in [0.5, 0.6) is 5.75 Å². The van der Waals surface area contributed by atoms with Crippen LogP contribution in [0.1, 0.15) is 11.4 Å². The van der Waals surface area contributed by atoms with Crippen LogP contribution in [0.4, 0.5) is 5.82 Å². The van der Waals surface area contributed by atoms with E-state index in [1.165, 1.54) is 0 Å². The lowest BCUT2D eigenvalue weighted by Gasteiger charge is -2.06. The molecule has 2 N–H and O–H groups in total. The van der Waals surface area contributed by atoms with Gasteiger partial charge in [0, 0.05) is 24.0 Å². The second-order valence-electron chi connectivity index (χ2n) is 3.70. The van der Waals surface area contributed by atoms with Crippen molar-refractivity contribution in [3.63, 3.8) is 0 Å². The highest BCUT2D eigenvalue weighted by molar-refractivity contribution is 6.32. The predicted octanol–water partition coefficient (Wildman–Crippen LogP) is 1.88. The smallest absolute Gasteiger partial charge is 0.164 e. The fourth-order valence-corrected chi connectivity index (χ4v) is 1.71. The Bertz CT molecular complexity index is 519. The van der Waals surface area contributed by atoms with E-state index in [4.69, 9.17) is 22.1 Å². The van der Waals surface area contributed by atoms with Crippen LogP contribution in [0.25, 0.3) is 0 Å². The SMILES string of the molecule is COc1cc(C)nc(Cn2cc(Cl)c(N)n2)c1. The number of methoxy groups -OCH3 is 1. The van der Waals surface area contributed by atoms with Gasteiger partial charge in [-0.15, -0.1) is 0 Å². The van der Waals surface area contributed by atoms with E-state index in [1.54, 1.807) is 18.0 Å². The average Bonchev–Trinajstić information content (AvgIpc) is 2.57. The highest BCUT2D eigenvalue weighted by atomic mass is 35.5. The highest BCUT2D eigenvalue weighted by Gasteiger charge is 2.05. The molecule has 0 fully saturated rings. The van der Waals surface area contributed by atoms with E-state index in [2.05, 4.69) is 10.1 Å².